The molecule has 0 bridgehead atoms. The number of fused-ring (bicyclic) bond motifs is 1. The van der Waals surface area contributed by atoms with Crippen molar-refractivity contribution in [3.8, 4) is 5.69 Å². The summed E-state index contributed by atoms with van der Waals surface area (Å²) in [5, 5.41) is 4.69. The van der Waals surface area contributed by atoms with E-state index in [0.717, 1.165) is 13.0 Å². The summed E-state index contributed by atoms with van der Waals surface area (Å²) in [7, 11) is 0. The molecular formula is C21H27N3. The molecule has 24 heavy (non-hydrogen) atoms. The summed E-state index contributed by atoms with van der Waals surface area (Å²) in [6.07, 6.45) is 13.6. The number of rotatable bonds is 3. The third-order valence-corrected chi connectivity index (χ3v) is 5.37. The third kappa shape index (κ3) is 3.32. The molecule has 1 saturated heterocycles. The first-order valence-electron chi connectivity index (χ1n) is 9.46. The monoisotopic (exact) mass is 321 g/mol. The summed E-state index contributed by atoms with van der Waals surface area (Å²) in [5.41, 5.74) is 5.43. The highest BCUT2D eigenvalue weighted by molar-refractivity contribution is 5.69. The second kappa shape index (κ2) is 7.35. The van der Waals surface area contributed by atoms with Gasteiger partial charge in [-0.1, -0.05) is 37.1 Å². The van der Waals surface area contributed by atoms with Gasteiger partial charge in [0.05, 0.1) is 17.6 Å². The van der Waals surface area contributed by atoms with Crippen molar-refractivity contribution < 1.29 is 0 Å². The molecule has 1 aliphatic heterocycles. The van der Waals surface area contributed by atoms with Crippen molar-refractivity contribution in [2.45, 2.75) is 44.9 Å². The second-order valence-corrected chi connectivity index (χ2v) is 7.05. The summed E-state index contributed by atoms with van der Waals surface area (Å²) in [5.74, 6) is 0. The number of aromatic nitrogens is 2. The Morgan fingerprint density at radius 3 is 2.50 bits per heavy atom. The Bertz CT molecular complexity index is 691. The summed E-state index contributed by atoms with van der Waals surface area (Å²) in [4.78, 5) is 2.62. The number of benzene rings is 1. The highest BCUT2D eigenvalue weighted by Crippen LogP contribution is 2.32. The van der Waals surface area contributed by atoms with E-state index in [9.17, 15) is 0 Å². The van der Waals surface area contributed by atoms with Crippen LogP contribution in [-0.4, -0.2) is 34.3 Å². The summed E-state index contributed by atoms with van der Waals surface area (Å²) < 4.78 is 2.13. The predicted octanol–water partition coefficient (Wildman–Crippen LogP) is 4.47. The minimum atomic E-state index is 1.10. The van der Waals surface area contributed by atoms with E-state index < -0.39 is 0 Å². The lowest BCUT2D eigenvalue weighted by molar-refractivity contribution is 0.316. The van der Waals surface area contributed by atoms with E-state index in [4.69, 9.17) is 5.10 Å². The standard InChI is InChI=1S/C21H27N3/c1-2-7-15-23(14-6-1)16-13-18-9-8-12-21-20(18)17-22-24(21)19-10-4-3-5-11-19/h3-5,10-11,13,17H,1-2,6-9,12,14-16H2/b18-13+. The molecule has 1 aliphatic carbocycles. The summed E-state index contributed by atoms with van der Waals surface area (Å²) >= 11 is 0. The molecule has 1 aromatic heterocycles. The maximum atomic E-state index is 4.69. The van der Waals surface area contributed by atoms with E-state index in [-0.39, 0.29) is 0 Å². The van der Waals surface area contributed by atoms with Gasteiger partial charge in [-0.05, 0) is 62.9 Å². The van der Waals surface area contributed by atoms with Crippen LogP contribution in [0.2, 0.25) is 0 Å². The minimum Gasteiger partial charge on any atom is -0.300 e. The quantitative estimate of drug-likeness (QED) is 0.832. The summed E-state index contributed by atoms with van der Waals surface area (Å²) in [6.45, 7) is 3.63. The zero-order chi connectivity index (χ0) is 16.2. The number of hydrogen-bond acceptors (Lipinski definition) is 2. The van der Waals surface area contributed by atoms with Crippen LogP contribution in [0, 0.1) is 0 Å². The molecule has 1 aromatic carbocycles. The van der Waals surface area contributed by atoms with Crippen LogP contribution in [0.25, 0.3) is 11.3 Å². The van der Waals surface area contributed by atoms with Crippen molar-refractivity contribution in [2.24, 2.45) is 0 Å². The average Bonchev–Trinajstić information content (AvgIpc) is 2.90. The van der Waals surface area contributed by atoms with Gasteiger partial charge in [0.2, 0.25) is 0 Å². The molecule has 3 nitrogen and oxygen atoms in total. The maximum Gasteiger partial charge on any atom is 0.0649 e. The largest absolute Gasteiger partial charge is 0.300 e. The molecule has 0 unspecified atom stereocenters. The van der Waals surface area contributed by atoms with Crippen molar-refractivity contribution in [3.63, 3.8) is 0 Å². The van der Waals surface area contributed by atoms with Crippen molar-refractivity contribution in [1.82, 2.24) is 14.7 Å². The highest BCUT2D eigenvalue weighted by atomic mass is 15.3. The molecule has 2 heterocycles. The molecule has 3 heteroatoms. The fourth-order valence-electron chi connectivity index (χ4n) is 4.03. The van der Waals surface area contributed by atoms with Crippen LogP contribution >= 0.6 is 0 Å². The van der Waals surface area contributed by atoms with Crippen LogP contribution < -0.4 is 0 Å². The molecular weight excluding hydrogens is 294 g/mol. The lowest BCUT2D eigenvalue weighted by atomic mass is 9.92. The maximum absolute atomic E-state index is 4.69. The highest BCUT2D eigenvalue weighted by Gasteiger charge is 2.20. The van der Waals surface area contributed by atoms with Gasteiger partial charge >= 0.3 is 0 Å². The van der Waals surface area contributed by atoms with E-state index in [1.807, 2.05) is 0 Å². The van der Waals surface area contributed by atoms with Gasteiger partial charge in [0, 0.05) is 12.1 Å². The number of likely N-dealkylation sites (tertiary alicyclic amines) is 1. The minimum absolute atomic E-state index is 1.10. The molecule has 2 aromatic rings. The van der Waals surface area contributed by atoms with Gasteiger partial charge in [-0.25, -0.2) is 4.68 Å². The van der Waals surface area contributed by atoms with Crippen LogP contribution in [0.4, 0.5) is 0 Å². The van der Waals surface area contributed by atoms with Gasteiger partial charge in [0.25, 0.3) is 0 Å². The first-order valence-corrected chi connectivity index (χ1v) is 9.46. The van der Waals surface area contributed by atoms with Gasteiger partial charge in [-0.15, -0.1) is 0 Å². The lowest BCUT2D eigenvalue weighted by Crippen LogP contribution is -2.24. The first-order chi connectivity index (χ1) is 11.9. The SMILES string of the molecule is C(/CN1CCCCCC1)=C1/CCCc2c1cnn2-c1ccccc1. The average molecular weight is 321 g/mol. The Morgan fingerprint density at radius 2 is 1.71 bits per heavy atom. The number of allylic oxidation sites excluding steroid dienone is 1. The van der Waals surface area contributed by atoms with Crippen molar-refractivity contribution >= 4 is 5.57 Å². The Kier molecular flexibility index (Phi) is 4.79. The van der Waals surface area contributed by atoms with Crippen molar-refractivity contribution in [2.75, 3.05) is 19.6 Å². The third-order valence-electron chi connectivity index (χ3n) is 5.37. The van der Waals surface area contributed by atoms with Crippen LogP contribution in [0.1, 0.15) is 49.8 Å². The molecule has 126 valence electrons. The van der Waals surface area contributed by atoms with Crippen molar-refractivity contribution in [3.05, 3.63) is 53.9 Å². The topological polar surface area (TPSA) is 21.1 Å². The molecule has 1 fully saturated rings. The molecule has 0 amide bonds. The fraction of sp³-hybridized carbons (Fsp3) is 0.476. The molecule has 0 atom stereocenters. The molecule has 0 spiro atoms. The number of para-hydroxylation sites is 1. The zero-order valence-electron chi connectivity index (χ0n) is 14.5. The molecule has 0 radical (unpaired) electrons. The van der Waals surface area contributed by atoms with Crippen LogP contribution in [0.5, 0.6) is 0 Å². The normalized spacial score (nSPS) is 20.8. The van der Waals surface area contributed by atoms with Crippen molar-refractivity contribution in [1.29, 1.82) is 0 Å². The van der Waals surface area contributed by atoms with E-state index in [1.165, 1.54) is 74.1 Å². The van der Waals surface area contributed by atoms with E-state index in [1.54, 1.807) is 0 Å². The fourth-order valence-corrected chi connectivity index (χ4v) is 4.03. The molecule has 2 aliphatic rings. The Labute approximate surface area is 145 Å². The van der Waals surface area contributed by atoms with Crippen LogP contribution in [0.15, 0.2) is 42.6 Å². The number of nitrogens with zero attached hydrogens (tertiary/aromatic N) is 3. The second-order valence-electron chi connectivity index (χ2n) is 7.05. The summed E-state index contributed by atoms with van der Waals surface area (Å²) in [6, 6.07) is 10.5. The Balaban J connectivity index is 1.55. The smallest absolute Gasteiger partial charge is 0.0649 e. The van der Waals surface area contributed by atoms with Gasteiger partial charge < -0.3 is 0 Å². The molecule has 4 rings (SSSR count). The molecule has 0 saturated carbocycles. The van der Waals surface area contributed by atoms with Crippen LogP contribution in [-0.2, 0) is 6.42 Å². The first kappa shape index (κ1) is 15.6. The van der Waals surface area contributed by atoms with Gasteiger partial charge in [-0.2, -0.15) is 5.10 Å². The van der Waals surface area contributed by atoms with Gasteiger partial charge in [-0.3, -0.25) is 4.90 Å². The Hall–Kier alpha value is -1.87. The lowest BCUT2D eigenvalue weighted by Gasteiger charge is -2.21. The predicted molar refractivity (Wildman–Crippen MR) is 99.4 cm³/mol. The van der Waals surface area contributed by atoms with E-state index in [0.29, 0.717) is 0 Å². The number of hydrogen-bond donors (Lipinski definition) is 0. The Morgan fingerprint density at radius 1 is 0.917 bits per heavy atom. The zero-order valence-corrected chi connectivity index (χ0v) is 14.5. The van der Waals surface area contributed by atoms with E-state index in [2.05, 4.69) is 52.2 Å². The molecule has 0 N–H and O–H groups in total. The van der Waals surface area contributed by atoms with E-state index >= 15 is 0 Å². The van der Waals surface area contributed by atoms with Crippen LogP contribution in [0.3, 0.4) is 0 Å². The van der Waals surface area contributed by atoms with Gasteiger partial charge in [0.1, 0.15) is 0 Å². The van der Waals surface area contributed by atoms with Gasteiger partial charge in [0.15, 0.2) is 0 Å².